The van der Waals surface area contributed by atoms with Crippen LogP contribution in [0.3, 0.4) is 0 Å². The molecule has 0 spiro atoms. The van der Waals surface area contributed by atoms with E-state index in [4.69, 9.17) is 4.42 Å². The second kappa shape index (κ2) is 8.57. The van der Waals surface area contributed by atoms with Gasteiger partial charge in [0.05, 0.1) is 12.7 Å². The van der Waals surface area contributed by atoms with Crippen LogP contribution in [-0.4, -0.2) is 47.9 Å². The molecule has 1 aliphatic heterocycles. The summed E-state index contributed by atoms with van der Waals surface area (Å²) in [5.74, 6) is 0.227. The van der Waals surface area contributed by atoms with Crippen LogP contribution in [0, 0.1) is 0 Å². The van der Waals surface area contributed by atoms with Gasteiger partial charge in [0, 0.05) is 24.5 Å². The van der Waals surface area contributed by atoms with Gasteiger partial charge < -0.3 is 26.3 Å². The van der Waals surface area contributed by atoms with Gasteiger partial charge in [-0.25, -0.2) is 0 Å². The number of halogens is 1. The Kier molecular flexibility index (Phi) is 6.41. The van der Waals surface area contributed by atoms with Gasteiger partial charge in [-0.1, -0.05) is 25.0 Å². The van der Waals surface area contributed by atoms with E-state index in [-0.39, 0.29) is 22.9 Å². The SMILES string of the molecule is CN(C(=O)Cc1cccc2occc12)[C@@H]1CCCC[C@H]1N1CCCC1.[Br-]. The summed E-state index contributed by atoms with van der Waals surface area (Å²) in [7, 11) is 2.01. The summed E-state index contributed by atoms with van der Waals surface area (Å²) in [5.41, 5.74) is 1.93. The second-order valence-electron chi connectivity index (χ2n) is 7.59. The number of hydrogen-bond donors (Lipinski definition) is 0. The molecular weight excluding hydrogens is 392 g/mol. The number of amides is 1. The van der Waals surface area contributed by atoms with Crippen LogP contribution in [0.2, 0.25) is 0 Å². The molecule has 2 heterocycles. The van der Waals surface area contributed by atoms with E-state index in [9.17, 15) is 4.79 Å². The van der Waals surface area contributed by atoms with Crippen LogP contribution >= 0.6 is 0 Å². The lowest BCUT2D eigenvalue weighted by Crippen LogP contribution is -3.00. The molecule has 0 N–H and O–H groups in total. The van der Waals surface area contributed by atoms with Crippen molar-refractivity contribution in [2.75, 3.05) is 20.1 Å². The molecule has 5 heteroatoms. The maximum Gasteiger partial charge on any atom is 0.227 e. The van der Waals surface area contributed by atoms with Crippen molar-refractivity contribution in [3.05, 3.63) is 36.1 Å². The summed E-state index contributed by atoms with van der Waals surface area (Å²) in [6.07, 6.45) is 9.69. The topological polar surface area (TPSA) is 36.7 Å². The molecule has 0 bridgehead atoms. The second-order valence-corrected chi connectivity index (χ2v) is 7.59. The smallest absolute Gasteiger partial charge is 0.227 e. The van der Waals surface area contributed by atoms with Crippen molar-refractivity contribution in [2.24, 2.45) is 0 Å². The normalized spacial score (nSPS) is 23.7. The molecule has 26 heavy (non-hydrogen) atoms. The van der Waals surface area contributed by atoms with Gasteiger partial charge in [-0.15, -0.1) is 0 Å². The maximum absolute atomic E-state index is 13.0. The first-order valence-electron chi connectivity index (χ1n) is 9.69. The first-order chi connectivity index (χ1) is 12.2. The predicted octanol–water partition coefficient (Wildman–Crippen LogP) is 0.845. The largest absolute Gasteiger partial charge is 1.00 e. The molecule has 1 aliphatic carbocycles. The minimum Gasteiger partial charge on any atom is -1.00 e. The molecule has 0 unspecified atom stereocenters. The Balaban J connectivity index is 0.00000196. The van der Waals surface area contributed by atoms with Gasteiger partial charge in [-0.05, 0) is 56.5 Å². The fourth-order valence-corrected chi connectivity index (χ4v) is 4.73. The van der Waals surface area contributed by atoms with E-state index < -0.39 is 0 Å². The van der Waals surface area contributed by atoms with E-state index in [1.807, 2.05) is 36.2 Å². The molecule has 4 nitrogen and oxygen atoms in total. The summed E-state index contributed by atoms with van der Waals surface area (Å²) >= 11 is 0. The van der Waals surface area contributed by atoms with Crippen molar-refractivity contribution >= 4 is 16.9 Å². The van der Waals surface area contributed by atoms with Gasteiger partial charge in [0.15, 0.2) is 0 Å². The molecule has 142 valence electrons. The van der Waals surface area contributed by atoms with Crippen LogP contribution in [0.25, 0.3) is 11.0 Å². The van der Waals surface area contributed by atoms with Crippen molar-refractivity contribution < 1.29 is 26.2 Å². The highest BCUT2D eigenvalue weighted by molar-refractivity contribution is 5.87. The van der Waals surface area contributed by atoms with Crippen LogP contribution in [-0.2, 0) is 11.2 Å². The number of furan rings is 1. The van der Waals surface area contributed by atoms with Gasteiger partial charge >= 0.3 is 0 Å². The third-order valence-electron chi connectivity index (χ3n) is 6.12. The molecule has 0 radical (unpaired) electrons. The van der Waals surface area contributed by atoms with Crippen molar-refractivity contribution in [1.29, 1.82) is 0 Å². The summed E-state index contributed by atoms with van der Waals surface area (Å²) < 4.78 is 5.47. The average molecular weight is 420 g/mol. The minimum atomic E-state index is 0. The molecule has 2 aromatic rings. The zero-order valence-corrected chi connectivity index (χ0v) is 17.1. The number of rotatable bonds is 4. The molecule has 2 fully saturated rings. The molecule has 2 atom stereocenters. The number of likely N-dealkylation sites (tertiary alicyclic amines) is 1. The first-order valence-corrected chi connectivity index (χ1v) is 9.69. The molecule has 4 rings (SSSR count). The van der Waals surface area contributed by atoms with Crippen LogP contribution in [0.15, 0.2) is 34.9 Å². The number of benzene rings is 1. The zero-order valence-electron chi connectivity index (χ0n) is 15.5. The molecule has 2 aliphatic rings. The average Bonchev–Trinajstić information content (AvgIpc) is 3.33. The Morgan fingerprint density at radius 1 is 1.15 bits per heavy atom. The third-order valence-corrected chi connectivity index (χ3v) is 6.12. The fraction of sp³-hybridized carbons (Fsp3) is 0.571. The van der Waals surface area contributed by atoms with Gasteiger partial charge in [0.2, 0.25) is 5.91 Å². The van der Waals surface area contributed by atoms with Gasteiger partial charge in [0.1, 0.15) is 5.58 Å². The lowest BCUT2D eigenvalue weighted by molar-refractivity contribution is -0.133. The Bertz CT molecular complexity index is 738. The Labute approximate surface area is 166 Å². The summed E-state index contributed by atoms with van der Waals surface area (Å²) in [6, 6.07) is 8.85. The number of fused-ring (bicyclic) bond motifs is 1. The number of likely N-dealkylation sites (N-methyl/N-ethyl adjacent to an activating group) is 1. The number of hydrogen-bond acceptors (Lipinski definition) is 3. The van der Waals surface area contributed by atoms with Crippen molar-refractivity contribution in [3.8, 4) is 0 Å². The van der Waals surface area contributed by atoms with Gasteiger partial charge in [0.25, 0.3) is 0 Å². The number of carbonyl (C=O) groups excluding carboxylic acids is 1. The summed E-state index contributed by atoms with van der Waals surface area (Å²) in [5, 5.41) is 1.06. The van der Waals surface area contributed by atoms with Gasteiger partial charge in [-0.3, -0.25) is 9.69 Å². The highest BCUT2D eigenvalue weighted by Gasteiger charge is 2.35. The Hall–Kier alpha value is -1.33. The molecule has 1 amide bonds. The quantitative estimate of drug-likeness (QED) is 0.736. The molecule has 1 saturated heterocycles. The maximum atomic E-state index is 13.0. The van der Waals surface area contributed by atoms with E-state index in [2.05, 4.69) is 4.90 Å². The van der Waals surface area contributed by atoms with Crippen LogP contribution in [0.1, 0.15) is 44.1 Å². The van der Waals surface area contributed by atoms with E-state index in [1.165, 1.54) is 45.2 Å². The van der Waals surface area contributed by atoms with Crippen molar-refractivity contribution in [1.82, 2.24) is 9.80 Å². The highest BCUT2D eigenvalue weighted by atomic mass is 79.9. The van der Waals surface area contributed by atoms with Gasteiger partial charge in [-0.2, -0.15) is 0 Å². The Morgan fingerprint density at radius 3 is 2.73 bits per heavy atom. The molecule has 1 saturated carbocycles. The van der Waals surface area contributed by atoms with E-state index in [0.717, 1.165) is 23.0 Å². The van der Waals surface area contributed by atoms with Crippen LogP contribution in [0.5, 0.6) is 0 Å². The predicted molar refractivity (Wildman–Crippen MR) is 99.5 cm³/mol. The summed E-state index contributed by atoms with van der Waals surface area (Å²) in [4.78, 5) is 17.7. The highest BCUT2D eigenvalue weighted by Crippen LogP contribution is 2.30. The molecule has 1 aromatic carbocycles. The Morgan fingerprint density at radius 2 is 1.92 bits per heavy atom. The van der Waals surface area contributed by atoms with Crippen molar-refractivity contribution in [3.63, 3.8) is 0 Å². The number of nitrogens with zero attached hydrogens (tertiary/aromatic N) is 2. The molecule has 1 aromatic heterocycles. The third kappa shape index (κ3) is 3.84. The summed E-state index contributed by atoms with van der Waals surface area (Å²) in [6.45, 7) is 2.41. The van der Waals surface area contributed by atoms with Crippen LogP contribution in [0.4, 0.5) is 0 Å². The van der Waals surface area contributed by atoms with E-state index in [1.54, 1.807) is 6.26 Å². The zero-order chi connectivity index (χ0) is 17.2. The monoisotopic (exact) mass is 419 g/mol. The van der Waals surface area contributed by atoms with E-state index in [0.29, 0.717) is 18.5 Å². The van der Waals surface area contributed by atoms with Crippen LogP contribution < -0.4 is 17.0 Å². The van der Waals surface area contributed by atoms with E-state index >= 15 is 0 Å². The standard InChI is InChI=1S/C21H28N2O2.BrH/c1-22(18-8-2-3-9-19(18)23-12-4-5-13-23)21(24)15-16-7-6-10-20-17(16)11-14-25-20;/h6-7,10-11,14,18-19H,2-5,8-9,12-13,15H2,1H3;1H/p-1/t18-,19-;/m1./s1. The lowest BCUT2D eigenvalue weighted by Gasteiger charge is -2.42. The molecular formula is C21H28BrN2O2-. The fourth-order valence-electron chi connectivity index (χ4n) is 4.73. The minimum absolute atomic E-state index is 0. The lowest BCUT2D eigenvalue weighted by atomic mass is 9.88. The number of carbonyl (C=O) groups is 1. The first kappa shape index (κ1) is 19.4. The van der Waals surface area contributed by atoms with Crippen molar-refractivity contribution in [2.45, 2.75) is 57.0 Å².